The highest BCUT2D eigenvalue weighted by atomic mass is 16.2. The maximum absolute atomic E-state index is 13.1. The smallest absolute Gasteiger partial charge is 0.256 e. The van der Waals surface area contributed by atoms with Gasteiger partial charge in [-0.15, -0.1) is 0 Å². The highest BCUT2D eigenvalue weighted by Crippen LogP contribution is 2.30. The molecule has 1 fully saturated rings. The number of hydrogen-bond donors (Lipinski definition) is 1. The molecule has 5 nitrogen and oxygen atoms in total. The third-order valence-corrected chi connectivity index (χ3v) is 5.05. The van der Waals surface area contributed by atoms with Crippen molar-refractivity contribution >= 4 is 16.8 Å². The molecule has 23 heavy (non-hydrogen) atoms. The lowest BCUT2D eigenvalue weighted by Crippen LogP contribution is -2.29. The number of rotatable bonds is 2. The summed E-state index contributed by atoms with van der Waals surface area (Å²) in [6.45, 7) is 3.57. The number of hydrogen-bond acceptors (Lipinski definition) is 2. The zero-order valence-corrected chi connectivity index (χ0v) is 13.4. The number of likely N-dealkylation sites (tertiary alicyclic amines) is 1. The quantitative estimate of drug-likeness (QED) is 0.791. The fraction of sp³-hybridized carbons (Fsp3) is 0.333. The van der Waals surface area contributed by atoms with Crippen molar-refractivity contribution in [3.05, 3.63) is 53.5 Å². The van der Waals surface area contributed by atoms with E-state index < -0.39 is 0 Å². The molecule has 2 aromatic heterocycles. The van der Waals surface area contributed by atoms with Crippen molar-refractivity contribution in [3.8, 4) is 0 Å². The van der Waals surface area contributed by atoms with E-state index in [4.69, 9.17) is 0 Å². The molecule has 0 bridgehead atoms. The molecule has 1 amide bonds. The van der Waals surface area contributed by atoms with E-state index in [2.05, 4.69) is 20.8 Å². The molecule has 0 saturated carbocycles. The van der Waals surface area contributed by atoms with E-state index in [-0.39, 0.29) is 5.91 Å². The average molecular weight is 308 g/mol. The van der Waals surface area contributed by atoms with Gasteiger partial charge in [-0.2, -0.15) is 5.10 Å². The van der Waals surface area contributed by atoms with Gasteiger partial charge in [-0.3, -0.25) is 9.89 Å². The Balaban J connectivity index is 1.67. The minimum atomic E-state index is 0.140. The Labute approximate surface area is 134 Å². The summed E-state index contributed by atoms with van der Waals surface area (Å²) < 4.78 is 2.10. The van der Waals surface area contributed by atoms with Gasteiger partial charge in [0.05, 0.1) is 5.56 Å². The number of nitrogens with zero attached hydrogens (tertiary/aromatic N) is 3. The highest BCUT2D eigenvalue weighted by Gasteiger charge is 2.31. The number of para-hydroxylation sites is 1. The molecule has 1 aliphatic rings. The van der Waals surface area contributed by atoms with Crippen LogP contribution in [0.25, 0.3) is 10.9 Å². The average Bonchev–Trinajstić information content (AvgIpc) is 3.28. The highest BCUT2D eigenvalue weighted by molar-refractivity contribution is 6.08. The maximum Gasteiger partial charge on any atom is 0.256 e. The van der Waals surface area contributed by atoms with Gasteiger partial charge in [0.1, 0.15) is 0 Å². The van der Waals surface area contributed by atoms with Crippen LogP contribution in [-0.2, 0) is 7.05 Å². The summed E-state index contributed by atoms with van der Waals surface area (Å²) in [5.41, 5.74) is 4.10. The Morgan fingerprint density at radius 3 is 2.91 bits per heavy atom. The van der Waals surface area contributed by atoms with Gasteiger partial charge in [-0.05, 0) is 25.5 Å². The number of aromatic nitrogens is 3. The first kappa shape index (κ1) is 14.1. The van der Waals surface area contributed by atoms with Gasteiger partial charge in [0.2, 0.25) is 0 Å². The number of carbonyl (C=O) groups is 1. The van der Waals surface area contributed by atoms with Crippen LogP contribution in [0.4, 0.5) is 0 Å². The van der Waals surface area contributed by atoms with Crippen LogP contribution < -0.4 is 0 Å². The molecule has 0 spiro atoms. The van der Waals surface area contributed by atoms with E-state index in [1.807, 2.05) is 43.1 Å². The van der Waals surface area contributed by atoms with Crippen LogP contribution in [0.5, 0.6) is 0 Å². The van der Waals surface area contributed by atoms with Crippen molar-refractivity contribution in [1.29, 1.82) is 0 Å². The second-order valence-electron chi connectivity index (χ2n) is 6.29. The van der Waals surface area contributed by atoms with E-state index in [9.17, 15) is 4.79 Å². The molecular formula is C18H20N4O. The number of nitrogens with one attached hydrogen (secondary N) is 1. The third kappa shape index (κ3) is 2.15. The van der Waals surface area contributed by atoms with E-state index in [1.165, 1.54) is 0 Å². The number of aromatic amines is 1. The van der Waals surface area contributed by atoms with Crippen molar-refractivity contribution in [3.63, 3.8) is 0 Å². The molecule has 0 radical (unpaired) electrons. The molecule has 1 saturated heterocycles. The summed E-state index contributed by atoms with van der Waals surface area (Å²) >= 11 is 0. The molecule has 1 atom stereocenters. The van der Waals surface area contributed by atoms with E-state index in [0.29, 0.717) is 5.92 Å². The van der Waals surface area contributed by atoms with Gasteiger partial charge in [-0.1, -0.05) is 18.2 Å². The summed E-state index contributed by atoms with van der Waals surface area (Å²) in [6, 6.07) is 10.1. The zero-order chi connectivity index (χ0) is 16.0. The van der Waals surface area contributed by atoms with Crippen molar-refractivity contribution < 1.29 is 4.79 Å². The van der Waals surface area contributed by atoms with Crippen LogP contribution >= 0.6 is 0 Å². The molecular weight excluding hydrogens is 288 g/mol. The Morgan fingerprint density at radius 2 is 2.13 bits per heavy atom. The lowest BCUT2D eigenvalue weighted by molar-refractivity contribution is 0.0791. The molecule has 0 aliphatic carbocycles. The summed E-state index contributed by atoms with van der Waals surface area (Å²) in [4.78, 5) is 15.1. The standard InChI is InChI=1S/C18H20N4O/c1-12-17(14-5-3-4-6-16(14)21(12)2)18(23)22-10-8-13(11-22)15-7-9-19-20-15/h3-7,9,13H,8,10-11H2,1-2H3,(H,19,20). The van der Waals surface area contributed by atoms with Crippen molar-refractivity contribution in [2.75, 3.05) is 13.1 Å². The Hall–Kier alpha value is -2.56. The van der Waals surface area contributed by atoms with Gasteiger partial charge in [0.25, 0.3) is 5.91 Å². The molecule has 4 rings (SSSR count). The first-order valence-electron chi connectivity index (χ1n) is 7.99. The van der Waals surface area contributed by atoms with Crippen LogP contribution in [0.2, 0.25) is 0 Å². The van der Waals surface area contributed by atoms with Crippen molar-refractivity contribution in [1.82, 2.24) is 19.7 Å². The predicted molar refractivity (Wildman–Crippen MR) is 89.5 cm³/mol. The molecule has 118 valence electrons. The zero-order valence-electron chi connectivity index (χ0n) is 13.4. The van der Waals surface area contributed by atoms with Crippen LogP contribution in [0, 0.1) is 6.92 Å². The van der Waals surface area contributed by atoms with Crippen LogP contribution in [0.3, 0.4) is 0 Å². The van der Waals surface area contributed by atoms with E-state index in [1.54, 1.807) is 6.20 Å². The minimum Gasteiger partial charge on any atom is -0.347 e. The molecule has 3 aromatic rings. The van der Waals surface area contributed by atoms with E-state index in [0.717, 1.165) is 47.4 Å². The van der Waals surface area contributed by atoms with Crippen LogP contribution in [-0.4, -0.2) is 38.7 Å². The monoisotopic (exact) mass is 308 g/mol. The summed E-state index contributed by atoms with van der Waals surface area (Å²) in [5, 5.41) is 8.10. The van der Waals surface area contributed by atoms with Crippen molar-refractivity contribution in [2.45, 2.75) is 19.3 Å². The van der Waals surface area contributed by atoms with Crippen molar-refractivity contribution in [2.24, 2.45) is 7.05 Å². The second kappa shape index (κ2) is 5.26. The fourth-order valence-corrected chi connectivity index (χ4v) is 3.64. The maximum atomic E-state index is 13.1. The normalized spacial score (nSPS) is 18.0. The fourth-order valence-electron chi connectivity index (χ4n) is 3.64. The first-order valence-corrected chi connectivity index (χ1v) is 7.99. The molecule has 5 heteroatoms. The van der Waals surface area contributed by atoms with Gasteiger partial charge in [0, 0.05) is 54.5 Å². The van der Waals surface area contributed by atoms with Crippen LogP contribution in [0.1, 0.15) is 34.1 Å². The molecule has 1 aliphatic heterocycles. The van der Waals surface area contributed by atoms with Gasteiger partial charge < -0.3 is 9.47 Å². The van der Waals surface area contributed by atoms with Gasteiger partial charge >= 0.3 is 0 Å². The Kier molecular flexibility index (Phi) is 3.22. The SMILES string of the molecule is Cc1c(C(=O)N2CCC(c3ccn[nH]3)C2)c2ccccc2n1C. The number of carbonyl (C=O) groups excluding carboxylic acids is 1. The van der Waals surface area contributed by atoms with Gasteiger partial charge in [-0.25, -0.2) is 0 Å². The number of benzene rings is 1. The first-order chi connectivity index (χ1) is 11.2. The minimum absolute atomic E-state index is 0.140. The number of H-pyrrole nitrogens is 1. The lowest BCUT2D eigenvalue weighted by atomic mass is 10.1. The number of amides is 1. The largest absolute Gasteiger partial charge is 0.347 e. The Morgan fingerprint density at radius 1 is 1.30 bits per heavy atom. The molecule has 1 aromatic carbocycles. The topological polar surface area (TPSA) is 53.9 Å². The number of aryl methyl sites for hydroxylation is 1. The number of fused-ring (bicyclic) bond motifs is 1. The lowest BCUT2D eigenvalue weighted by Gasteiger charge is -2.16. The molecule has 3 heterocycles. The van der Waals surface area contributed by atoms with Crippen LogP contribution in [0.15, 0.2) is 36.5 Å². The second-order valence-corrected chi connectivity index (χ2v) is 6.29. The summed E-state index contributed by atoms with van der Waals surface area (Å²) in [6.07, 6.45) is 2.76. The third-order valence-electron chi connectivity index (χ3n) is 5.05. The van der Waals surface area contributed by atoms with E-state index >= 15 is 0 Å². The molecule has 1 unspecified atom stereocenters. The predicted octanol–water partition coefficient (Wildman–Crippen LogP) is 2.84. The molecule has 1 N–H and O–H groups in total. The summed E-state index contributed by atoms with van der Waals surface area (Å²) in [7, 11) is 2.02. The van der Waals surface area contributed by atoms with Gasteiger partial charge in [0.15, 0.2) is 0 Å². The summed E-state index contributed by atoms with van der Waals surface area (Å²) in [5.74, 6) is 0.498. The Bertz CT molecular complexity index is 863.